The molecule has 25 heavy (non-hydrogen) atoms. The Morgan fingerprint density at radius 2 is 2.04 bits per heavy atom. The molecule has 3 rings (SSSR count). The predicted octanol–water partition coefficient (Wildman–Crippen LogP) is 3.97. The van der Waals surface area contributed by atoms with Gasteiger partial charge in [0.2, 0.25) is 0 Å². The van der Waals surface area contributed by atoms with Gasteiger partial charge in [0.1, 0.15) is 5.82 Å². The number of allylic oxidation sites excluding steroid dienone is 1. The lowest BCUT2D eigenvalue weighted by Crippen LogP contribution is -2.34. The van der Waals surface area contributed by atoms with E-state index in [4.69, 9.17) is 0 Å². The third-order valence-corrected chi connectivity index (χ3v) is 4.77. The van der Waals surface area contributed by atoms with Crippen LogP contribution in [0, 0.1) is 5.82 Å². The van der Waals surface area contributed by atoms with Crippen LogP contribution in [0.5, 0.6) is 0 Å². The van der Waals surface area contributed by atoms with E-state index in [2.05, 4.69) is 34.4 Å². The molecule has 1 aromatic heterocycles. The molecule has 1 aromatic carbocycles. The molecule has 3 nitrogen and oxygen atoms in total. The fraction of sp³-hybridized carbons (Fsp3) is 0.429. The van der Waals surface area contributed by atoms with Crippen molar-refractivity contribution in [2.24, 2.45) is 0 Å². The van der Waals surface area contributed by atoms with Crippen molar-refractivity contribution in [3.8, 4) is 0 Å². The van der Waals surface area contributed by atoms with Crippen molar-refractivity contribution < 1.29 is 9.50 Å². The molecule has 1 aliphatic rings. The first-order chi connectivity index (χ1) is 12.2. The fourth-order valence-electron chi connectivity index (χ4n) is 3.20. The van der Waals surface area contributed by atoms with Gasteiger partial charge in [0, 0.05) is 37.6 Å². The molecule has 1 saturated carbocycles. The molecule has 0 aliphatic heterocycles. The Kier molecular flexibility index (Phi) is 6.05. The molecular formula is C21H27FN2O. The number of hydrogen-bond acceptors (Lipinski definition) is 2. The van der Waals surface area contributed by atoms with Crippen LogP contribution < -0.4 is 0 Å². The van der Waals surface area contributed by atoms with Gasteiger partial charge in [-0.3, -0.25) is 4.90 Å². The first-order valence-corrected chi connectivity index (χ1v) is 9.07. The van der Waals surface area contributed by atoms with Crippen molar-refractivity contribution in [1.29, 1.82) is 0 Å². The molecule has 134 valence electrons. The van der Waals surface area contributed by atoms with Gasteiger partial charge in [-0.05, 0) is 55.5 Å². The third-order valence-electron chi connectivity index (χ3n) is 4.77. The Labute approximate surface area is 149 Å². The van der Waals surface area contributed by atoms with Gasteiger partial charge in [0.25, 0.3) is 0 Å². The number of aliphatic hydroxyl groups excluding tert-OH is 1. The lowest BCUT2D eigenvalue weighted by molar-refractivity contribution is 0.0967. The van der Waals surface area contributed by atoms with E-state index in [1.165, 1.54) is 30.7 Å². The molecule has 0 spiro atoms. The van der Waals surface area contributed by atoms with E-state index in [-0.39, 0.29) is 11.9 Å². The summed E-state index contributed by atoms with van der Waals surface area (Å²) in [6.07, 6.45) is 7.67. The van der Waals surface area contributed by atoms with Crippen LogP contribution >= 0.6 is 0 Å². The molecule has 1 atom stereocenters. The summed E-state index contributed by atoms with van der Waals surface area (Å²) in [7, 11) is 0. The Bertz CT molecular complexity index is 675. The summed E-state index contributed by atoms with van der Waals surface area (Å²) in [6.45, 7) is 6.01. The smallest absolute Gasteiger partial charge is 0.123 e. The van der Waals surface area contributed by atoms with Crippen LogP contribution in [0.15, 0.2) is 55.3 Å². The topological polar surface area (TPSA) is 28.4 Å². The Morgan fingerprint density at radius 3 is 2.72 bits per heavy atom. The first-order valence-electron chi connectivity index (χ1n) is 9.07. The van der Waals surface area contributed by atoms with Crippen LogP contribution in [0.1, 0.15) is 36.9 Å². The number of halogens is 1. The van der Waals surface area contributed by atoms with Crippen molar-refractivity contribution in [1.82, 2.24) is 9.47 Å². The molecule has 0 saturated heterocycles. The van der Waals surface area contributed by atoms with E-state index < -0.39 is 0 Å². The van der Waals surface area contributed by atoms with Gasteiger partial charge in [-0.2, -0.15) is 0 Å². The maximum Gasteiger partial charge on any atom is 0.123 e. The summed E-state index contributed by atoms with van der Waals surface area (Å²) in [5.41, 5.74) is 2.31. The molecule has 1 aliphatic carbocycles. The zero-order valence-corrected chi connectivity index (χ0v) is 14.6. The normalized spacial score (nSPS) is 15.5. The molecule has 4 heteroatoms. The summed E-state index contributed by atoms with van der Waals surface area (Å²) < 4.78 is 15.3. The Hall–Kier alpha value is -1.91. The number of rotatable bonds is 10. The van der Waals surface area contributed by atoms with Crippen LogP contribution in [0.4, 0.5) is 4.39 Å². The summed E-state index contributed by atoms with van der Waals surface area (Å²) in [5.74, 6) is -0.204. The average Bonchev–Trinajstić information content (AvgIpc) is 3.37. The van der Waals surface area contributed by atoms with E-state index >= 15 is 0 Å². The number of aromatic nitrogens is 1. The highest BCUT2D eigenvalue weighted by Crippen LogP contribution is 2.29. The summed E-state index contributed by atoms with van der Waals surface area (Å²) in [5, 5.41) is 10.3. The third kappa shape index (κ3) is 5.28. The van der Waals surface area contributed by atoms with Gasteiger partial charge in [-0.25, -0.2) is 4.39 Å². The van der Waals surface area contributed by atoms with E-state index in [0.29, 0.717) is 12.6 Å². The van der Waals surface area contributed by atoms with Gasteiger partial charge in [-0.15, -0.1) is 6.58 Å². The van der Waals surface area contributed by atoms with Crippen molar-refractivity contribution in [3.05, 3.63) is 72.3 Å². The molecule has 1 heterocycles. The first kappa shape index (κ1) is 17.9. The predicted molar refractivity (Wildman–Crippen MR) is 98.8 cm³/mol. The highest BCUT2D eigenvalue weighted by molar-refractivity contribution is 5.18. The lowest BCUT2D eigenvalue weighted by atomic mass is 10.2. The minimum atomic E-state index is -0.306. The lowest BCUT2D eigenvalue weighted by Gasteiger charge is -2.25. The van der Waals surface area contributed by atoms with Gasteiger partial charge in [0.05, 0.1) is 6.10 Å². The highest BCUT2D eigenvalue weighted by atomic mass is 19.1. The van der Waals surface area contributed by atoms with Crippen LogP contribution in [0.3, 0.4) is 0 Å². The highest BCUT2D eigenvalue weighted by Gasteiger charge is 2.30. The van der Waals surface area contributed by atoms with E-state index in [9.17, 15) is 9.50 Å². The number of hydrogen-bond donors (Lipinski definition) is 1. The van der Waals surface area contributed by atoms with Gasteiger partial charge < -0.3 is 9.67 Å². The van der Waals surface area contributed by atoms with Crippen LogP contribution in [-0.2, 0) is 13.1 Å². The maximum absolute atomic E-state index is 13.1. The zero-order valence-electron chi connectivity index (χ0n) is 14.6. The number of benzene rings is 1. The Morgan fingerprint density at radius 1 is 1.28 bits per heavy atom. The summed E-state index contributed by atoms with van der Waals surface area (Å²) >= 11 is 0. The maximum atomic E-state index is 13.1. The molecule has 0 amide bonds. The van der Waals surface area contributed by atoms with Crippen molar-refractivity contribution >= 4 is 0 Å². The second-order valence-electron chi connectivity index (χ2n) is 6.93. The van der Waals surface area contributed by atoms with Crippen molar-refractivity contribution in [2.45, 2.75) is 50.9 Å². The Balaban J connectivity index is 1.63. The standard InChI is InChI=1S/C21H27FN2O/c1-2-3-6-21(25)16-24(19-11-12-19)15-20-5-4-13-23(20)14-17-7-9-18(22)10-8-17/h2,4-5,7-10,13,19,21,25H,1,3,6,11-12,14-16H2. The minimum absolute atomic E-state index is 0.204. The molecule has 1 N–H and O–H groups in total. The van der Waals surface area contributed by atoms with E-state index in [1.54, 1.807) is 0 Å². The van der Waals surface area contributed by atoms with Crippen LogP contribution in [0.25, 0.3) is 0 Å². The summed E-state index contributed by atoms with van der Waals surface area (Å²) in [6, 6.07) is 11.4. The van der Waals surface area contributed by atoms with Crippen molar-refractivity contribution in [2.75, 3.05) is 6.54 Å². The second-order valence-corrected chi connectivity index (χ2v) is 6.93. The molecular weight excluding hydrogens is 315 g/mol. The average molecular weight is 342 g/mol. The monoisotopic (exact) mass is 342 g/mol. The minimum Gasteiger partial charge on any atom is -0.392 e. The fourth-order valence-corrected chi connectivity index (χ4v) is 3.20. The van der Waals surface area contributed by atoms with Gasteiger partial charge >= 0.3 is 0 Å². The van der Waals surface area contributed by atoms with Gasteiger partial charge in [0.15, 0.2) is 0 Å². The SMILES string of the molecule is C=CCCC(O)CN(Cc1cccn1Cc1ccc(F)cc1)C1CC1. The van der Waals surface area contributed by atoms with Gasteiger partial charge in [-0.1, -0.05) is 18.2 Å². The molecule has 1 unspecified atom stereocenters. The number of aliphatic hydroxyl groups is 1. The summed E-state index contributed by atoms with van der Waals surface area (Å²) in [4.78, 5) is 2.39. The molecule has 2 aromatic rings. The van der Waals surface area contributed by atoms with Crippen LogP contribution in [-0.4, -0.2) is 33.3 Å². The quantitative estimate of drug-likeness (QED) is 0.662. The van der Waals surface area contributed by atoms with Crippen molar-refractivity contribution in [3.63, 3.8) is 0 Å². The molecule has 0 radical (unpaired) electrons. The largest absolute Gasteiger partial charge is 0.392 e. The number of nitrogens with zero attached hydrogens (tertiary/aromatic N) is 2. The molecule has 0 bridgehead atoms. The molecule has 1 fully saturated rings. The van der Waals surface area contributed by atoms with E-state index in [0.717, 1.165) is 31.5 Å². The van der Waals surface area contributed by atoms with E-state index in [1.807, 2.05) is 18.2 Å². The zero-order chi connectivity index (χ0) is 17.6. The van der Waals surface area contributed by atoms with Crippen LogP contribution in [0.2, 0.25) is 0 Å². The second kappa shape index (κ2) is 8.45.